The molecule has 1 aromatic carbocycles. The minimum atomic E-state index is 0.0387. The van der Waals surface area contributed by atoms with Crippen molar-refractivity contribution in [1.29, 1.82) is 0 Å². The van der Waals surface area contributed by atoms with Crippen molar-refractivity contribution < 1.29 is 9.21 Å². The average Bonchev–Trinajstić information content (AvgIpc) is 3.32. The average molecular weight is 387 g/mol. The van der Waals surface area contributed by atoms with Gasteiger partial charge in [-0.2, -0.15) is 4.98 Å². The van der Waals surface area contributed by atoms with Gasteiger partial charge in [0.15, 0.2) is 0 Å². The standard InChI is InChI=1S/C18H19ClN6O2/c1-12-20-18(23-22-12)25-8-6-24(7-9-25)16(26)10-15-11-27-17(21-15)13-2-4-14(19)5-3-13/h2-5,11H,6-10H2,1H3,(H,20,22,23). The van der Waals surface area contributed by atoms with E-state index in [4.69, 9.17) is 16.0 Å². The highest BCUT2D eigenvalue weighted by Crippen LogP contribution is 2.21. The number of amides is 1. The first-order valence-electron chi connectivity index (χ1n) is 8.70. The zero-order valence-corrected chi connectivity index (χ0v) is 15.6. The van der Waals surface area contributed by atoms with E-state index in [-0.39, 0.29) is 12.3 Å². The molecule has 27 heavy (non-hydrogen) atoms. The lowest BCUT2D eigenvalue weighted by Crippen LogP contribution is -2.49. The van der Waals surface area contributed by atoms with E-state index in [0.717, 1.165) is 11.4 Å². The second-order valence-corrected chi connectivity index (χ2v) is 6.85. The molecule has 9 heteroatoms. The molecular weight excluding hydrogens is 368 g/mol. The number of halogens is 1. The van der Waals surface area contributed by atoms with Crippen LogP contribution < -0.4 is 4.90 Å². The molecule has 0 aliphatic carbocycles. The van der Waals surface area contributed by atoms with Gasteiger partial charge in [0.05, 0.1) is 12.1 Å². The molecule has 0 spiro atoms. The van der Waals surface area contributed by atoms with E-state index in [9.17, 15) is 4.79 Å². The first-order valence-corrected chi connectivity index (χ1v) is 9.08. The van der Waals surface area contributed by atoms with Crippen molar-refractivity contribution in [3.8, 4) is 11.5 Å². The van der Waals surface area contributed by atoms with Crippen LogP contribution in [-0.2, 0) is 11.2 Å². The van der Waals surface area contributed by atoms with Crippen LogP contribution in [0.1, 0.15) is 11.5 Å². The summed E-state index contributed by atoms with van der Waals surface area (Å²) in [5.74, 6) is 1.99. The van der Waals surface area contributed by atoms with Gasteiger partial charge in [-0.05, 0) is 31.2 Å². The summed E-state index contributed by atoms with van der Waals surface area (Å²) in [7, 11) is 0. The van der Waals surface area contributed by atoms with Crippen molar-refractivity contribution in [2.24, 2.45) is 0 Å². The van der Waals surface area contributed by atoms with Crippen LogP contribution >= 0.6 is 11.6 Å². The summed E-state index contributed by atoms with van der Waals surface area (Å²) in [6.45, 7) is 4.55. The molecule has 0 bridgehead atoms. The molecule has 0 saturated carbocycles. The molecule has 4 rings (SSSR count). The summed E-state index contributed by atoms with van der Waals surface area (Å²) < 4.78 is 5.50. The van der Waals surface area contributed by atoms with Gasteiger partial charge >= 0.3 is 0 Å². The molecule has 1 fully saturated rings. The normalized spacial score (nSPS) is 14.6. The third-order valence-corrected chi connectivity index (χ3v) is 4.73. The minimum Gasteiger partial charge on any atom is -0.444 e. The Labute approximate surface area is 161 Å². The number of oxazole rings is 1. The van der Waals surface area contributed by atoms with Crippen LogP contribution in [0.25, 0.3) is 11.5 Å². The highest BCUT2D eigenvalue weighted by atomic mass is 35.5. The molecule has 3 aromatic rings. The lowest BCUT2D eigenvalue weighted by molar-refractivity contribution is -0.130. The van der Waals surface area contributed by atoms with Crippen LogP contribution in [0.3, 0.4) is 0 Å². The number of anilines is 1. The Bertz CT molecular complexity index is 927. The predicted molar refractivity (Wildman–Crippen MR) is 101 cm³/mol. The second kappa shape index (κ2) is 7.40. The van der Waals surface area contributed by atoms with Crippen molar-refractivity contribution in [2.75, 3.05) is 31.1 Å². The number of carbonyl (C=O) groups excluding carboxylic acids is 1. The van der Waals surface area contributed by atoms with E-state index in [2.05, 4.69) is 25.1 Å². The van der Waals surface area contributed by atoms with Gasteiger partial charge in [-0.25, -0.2) is 4.98 Å². The van der Waals surface area contributed by atoms with E-state index in [0.29, 0.717) is 48.7 Å². The van der Waals surface area contributed by atoms with Crippen LogP contribution in [0, 0.1) is 6.92 Å². The molecule has 1 amide bonds. The zero-order chi connectivity index (χ0) is 18.8. The molecule has 0 radical (unpaired) electrons. The summed E-state index contributed by atoms with van der Waals surface area (Å²) >= 11 is 5.90. The van der Waals surface area contributed by atoms with Gasteiger partial charge in [0, 0.05) is 36.8 Å². The fourth-order valence-electron chi connectivity index (χ4n) is 3.01. The number of nitrogens with one attached hydrogen (secondary N) is 1. The Morgan fingerprint density at radius 2 is 1.93 bits per heavy atom. The monoisotopic (exact) mass is 386 g/mol. The van der Waals surface area contributed by atoms with Crippen LogP contribution in [0.2, 0.25) is 5.02 Å². The fraction of sp³-hybridized carbons (Fsp3) is 0.333. The number of hydrogen-bond donors (Lipinski definition) is 1. The smallest absolute Gasteiger partial charge is 0.244 e. The van der Waals surface area contributed by atoms with Gasteiger partial charge in [-0.1, -0.05) is 11.6 Å². The summed E-state index contributed by atoms with van der Waals surface area (Å²) in [4.78, 5) is 25.2. The van der Waals surface area contributed by atoms with E-state index in [1.54, 1.807) is 12.1 Å². The van der Waals surface area contributed by atoms with Crippen molar-refractivity contribution >= 4 is 23.5 Å². The number of aryl methyl sites for hydroxylation is 1. The minimum absolute atomic E-state index is 0.0387. The fourth-order valence-corrected chi connectivity index (χ4v) is 3.13. The van der Waals surface area contributed by atoms with Crippen LogP contribution in [-0.4, -0.2) is 57.2 Å². The summed E-state index contributed by atoms with van der Waals surface area (Å²) in [6.07, 6.45) is 1.76. The second-order valence-electron chi connectivity index (χ2n) is 6.42. The molecule has 1 N–H and O–H groups in total. The van der Waals surface area contributed by atoms with Crippen LogP contribution in [0.4, 0.5) is 5.95 Å². The lowest BCUT2D eigenvalue weighted by atomic mass is 10.2. The molecule has 1 saturated heterocycles. The Morgan fingerprint density at radius 3 is 2.59 bits per heavy atom. The molecule has 140 valence electrons. The molecule has 3 heterocycles. The summed E-state index contributed by atoms with van der Waals surface area (Å²) in [5.41, 5.74) is 1.45. The maximum Gasteiger partial charge on any atom is 0.244 e. The van der Waals surface area contributed by atoms with E-state index in [1.807, 2.05) is 24.0 Å². The number of aromatic amines is 1. The molecular formula is C18H19ClN6O2. The van der Waals surface area contributed by atoms with E-state index >= 15 is 0 Å². The van der Waals surface area contributed by atoms with Crippen LogP contribution in [0.5, 0.6) is 0 Å². The third-order valence-electron chi connectivity index (χ3n) is 4.48. The van der Waals surface area contributed by atoms with Gasteiger partial charge in [0.1, 0.15) is 12.1 Å². The highest BCUT2D eigenvalue weighted by molar-refractivity contribution is 6.30. The summed E-state index contributed by atoms with van der Waals surface area (Å²) in [6, 6.07) is 7.23. The number of nitrogens with zero attached hydrogens (tertiary/aromatic N) is 5. The zero-order valence-electron chi connectivity index (χ0n) is 14.9. The largest absolute Gasteiger partial charge is 0.444 e. The third kappa shape index (κ3) is 3.95. The number of aromatic nitrogens is 4. The van der Waals surface area contributed by atoms with Crippen molar-refractivity contribution in [3.63, 3.8) is 0 Å². The molecule has 8 nitrogen and oxygen atoms in total. The predicted octanol–water partition coefficient (Wildman–Crippen LogP) is 2.31. The van der Waals surface area contributed by atoms with E-state index < -0.39 is 0 Å². The van der Waals surface area contributed by atoms with Gasteiger partial charge in [-0.15, -0.1) is 5.10 Å². The van der Waals surface area contributed by atoms with Crippen molar-refractivity contribution in [3.05, 3.63) is 47.1 Å². The SMILES string of the molecule is Cc1nc(N2CCN(C(=O)Cc3coc(-c4ccc(Cl)cc4)n3)CC2)n[nH]1. The van der Waals surface area contributed by atoms with Gasteiger partial charge < -0.3 is 14.2 Å². The maximum absolute atomic E-state index is 12.6. The number of H-pyrrole nitrogens is 1. The number of piperazine rings is 1. The van der Waals surface area contributed by atoms with E-state index in [1.165, 1.54) is 6.26 Å². The molecule has 0 atom stereocenters. The molecule has 1 aliphatic rings. The van der Waals surface area contributed by atoms with Gasteiger partial charge in [0.2, 0.25) is 17.7 Å². The van der Waals surface area contributed by atoms with Crippen molar-refractivity contribution in [1.82, 2.24) is 25.1 Å². The number of rotatable bonds is 4. The number of benzene rings is 1. The highest BCUT2D eigenvalue weighted by Gasteiger charge is 2.24. The molecule has 2 aromatic heterocycles. The first kappa shape index (κ1) is 17.5. The van der Waals surface area contributed by atoms with Gasteiger partial charge in [0.25, 0.3) is 0 Å². The Morgan fingerprint density at radius 1 is 1.19 bits per heavy atom. The topological polar surface area (TPSA) is 91.2 Å². The first-order chi connectivity index (χ1) is 13.1. The Hall–Kier alpha value is -2.87. The molecule has 1 aliphatic heterocycles. The van der Waals surface area contributed by atoms with Gasteiger partial charge in [-0.3, -0.25) is 9.89 Å². The van der Waals surface area contributed by atoms with Crippen LogP contribution in [0.15, 0.2) is 34.9 Å². The number of carbonyl (C=O) groups is 1. The quantitative estimate of drug-likeness (QED) is 0.739. The Kier molecular flexibility index (Phi) is 4.81. The number of hydrogen-bond acceptors (Lipinski definition) is 6. The molecule has 0 unspecified atom stereocenters. The maximum atomic E-state index is 12.6. The lowest BCUT2D eigenvalue weighted by Gasteiger charge is -2.34. The van der Waals surface area contributed by atoms with Crippen molar-refractivity contribution in [2.45, 2.75) is 13.3 Å². The Balaban J connectivity index is 1.34. The summed E-state index contributed by atoms with van der Waals surface area (Å²) in [5, 5.41) is 7.66.